The molecule has 9 unspecified atom stereocenters. The molecule has 18 heteroatoms. The molecule has 12 atom stereocenters. The molecule has 0 spiro atoms. The molecule has 6 aliphatic heterocycles. The van der Waals surface area contributed by atoms with Gasteiger partial charge in [-0.2, -0.15) is 0 Å². The van der Waals surface area contributed by atoms with Crippen molar-refractivity contribution in [2.45, 2.75) is 195 Å². The Morgan fingerprint density at radius 1 is 0.456 bits per heavy atom. The molecule has 6 aliphatic rings. The van der Waals surface area contributed by atoms with Crippen LogP contribution in [0.15, 0.2) is 36.3 Å². The first-order valence-corrected chi connectivity index (χ1v) is 29.6. The van der Waals surface area contributed by atoms with Crippen LogP contribution in [0.3, 0.4) is 0 Å². The van der Waals surface area contributed by atoms with Gasteiger partial charge in [0.05, 0.1) is 59.0 Å². The average molecular weight is 1290 g/mol. The van der Waals surface area contributed by atoms with Gasteiger partial charge in [0.25, 0.3) is 0 Å². The Labute approximate surface area is 594 Å². The van der Waals surface area contributed by atoms with Gasteiger partial charge < -0.3 is 59.8 Å². The Balaban J connectivity index is 0.000000265. The fourth-order valence-corrected chi connectivity index (χ4v) is 9.61. The Hall–Kier alpha value is -5.37. The standard InChI is InChI=1S/3C24H38N2O4/c3*1-14(2)9-17-13-26-8-7-16-10-21(28-5)22(29-6)11-18(16)19(26)12-20(17)30-24(27)23(25)15(3)4/h3*10-11,14-15,17,19-20,23H,7-9,12-13,25H2,1-6H3/t3*17?,19?,20?,23-/m000/s1/i2*5D3,7D2,8D2,10D,11D,12D2,13D2,17D;7D2,8D2,10D,11D,12D2,13D2,17D. The van der Waals surface area contributed by atoms with Crippen molar-refractivity contribution in [3.63, 3.8) is 0 Å². The van der Waals surface area contributed by atoms with Crippen molar-refractivity contribution in [2.75, 3.05) is 81.5 Å². The van der Waals surface area contributed by atoms with Gasteiger partial charge in [-0.25, -0.2) is 0 Å². The van der Waals surface area contributed by atoms with Crippen LogP contribution in [-0.4, -0.2) is 151 Å². The van der Waals surface area contributed by atoms with Crippen LogP contribution in [0, 0.1) is 53.2 Å². The molecule has 3 saturated heterocycles. The summed E-state index contributed by atoms with van der Waals surface area (Å²) in [6.07, 6.45) is -27.4. The number of fused-ring (bicyclic) bond motifs is 9. The van der Waals surface area contributed by atoms with Crippen LogP contribution in [0.2, 0.25) is 0 Å². The van der Waals surface area contributed by atoms with E-state index in [1.54, 1.807) is 83.1 Å². The highest BCUT2D eigenvalue weighted by Crippen LogP contribution is 2.48. The van der Waals surface area contributed by atoms with Crippen LogP contribution >= 0.6 is 0 Å². The van der Waals surface area contributed by atoms with Crippen LogP contribution in [0.25, 0.3) is 0 Å². The maximum absolute atomic E-state index is 13.1. The van der Waals surface area contributed by atoms with Crippen molar-refractivity contribution in [3.05, 3.63) is 69.6 Å². The van der Waals surface area contributed by atoms with Crippen molar-refractivity contribution in [1.29, 1.82) is 0 Å². The molecule has 504 valence electrons. The summed E-state index contributed by atoms with van der Waals surface area (Å²) >= 11 is 0. The number of rotatable bonds is 21. The minimum Gasteiger partial charge on any atom is -0.493 e. The van der Waals surface area contributed by atoms with Gasteiger partial charge in [0.15, 0.2) is 34.5 Å². The maximum atomic E-state index is 13.1. The Morgan fingerprint density at radius 2 is 0.700 bits per heavy atom. The molecule has 0 aliphatic carbocycles. The van der Waals surface area contributed by atoms with Crippen molar-refractivity contribution in [1.82, 2.24) is 14.7 Å². The zero-order valence-corrected chi connectivity index (χ0v) is 53.8. The van der Waals surface area contributed by atoms with E-state index in [1.807, 2.05) is 0 Å². The van der Waals surface area contributed by atoms with Crippen LogP contribution in [0.5, 0.6) is 34.5 Å². The summed E-state index contributed by atoms with van der Waals surface area (Å²) in [6.45, 7) is -0.914. The summed E-state index contributed by atoms with van der Waals surface area (Å²) < 4.78 is 390. The van der Waals surface area contributed by atoms with E-state index < -0.39 is 329 Å². The molecular formula is C72H114N6O12. The second-order valence-electron chi connectivity index (χ2n) is 24.1. The summed E-state index contributed by atoms with van der Waals surface area (Å²) in [6, 6.07) is -15.9. The summed E-state index contributed by atoms with van der Waals surface area (Å²) in [4.78, 5) is 40.1. The molecular weight excluding hydrogens is 1140 g/mol. The highest BCUT2D eigenvalue weighted by molar-refractivity contribution is 5.77. The molecule has 3 aromatic carbocycles. The molecule has 3 fully saturated rings. The third-order valence-electron chi connectivity index (χ3n) is 14.6. The van der Waals surface area contributed by atoms with E-state index in [0.717, 1.165) is 28.4 Å². The Kier molecular flexibility index (Phi) is 12.7. The Bertz CT molecular complexity index is 4530. The first-order valence-electron chi connectivity index (χ1n) is 49.1. The lowest BCUT2D eigenvalue weighted by Crippen LogP contribution is -2.51. The number of nitrogens with zero attached hydrogens (tertiary/aromatic N) is 3. The van der Waals surface area contributed by atoms with Crippen LogP contribution in [0.4, 0.5) is 0 Å². The number of piperidine rings is 3. The number of hydrogen-bond donors (Lipinski definition) is 3. The van der Waals surface area contributed by atoms with Gasteiger partial charge in [-0.3, -0.25) is 29.1 Å². The third-order valence-corrected chi connectivity index (χ3v) is 14.6. The first-order chi connectivity index (χ1) is 57.8. The van der Waals surface area contributed by atoms with Crippen LogP contribution in [0.1, 0.15) is 226 Å². The van der Waals surface area contributed by atoms with Gasteiger partial charge >= 0.3 is 17.9 Å². The lowest BCUT2D eigenvalue weighted by molar-refractivity contribution is -0.161. The second kappa shape index (κ2) is 32.5. The van der Waals surface area contributed by atoms with Gasteiger partial charge in [0, 0.05) is 131 Å². The fraction of sp³-hybridized carbons (Fsp3) is 0.708. The Morgan fingerprint density at radius 3 is 0.922 bits per heavy atom. The van der Waals surface area contributed by atoms with Crippen LogP contribution in [-0.2, 0) is 47.7 Å². The lowest BCUT2D eigenvalue weighted by Gasteiger charge is -2.47. The number of ether oxygens (including phenoxy) is 9. The third kappa shape index (κ3) is 17.5. The van der Waals surface area contributed by atoms with E-state index in [-0.39, 0.29) is 21.3 Å². The average Bonchev–Trinajstić information content (AvgIpc) is 0.668. The topological polar surface area (TPSA) is 222 Å². The highest BCUT2D eigenvalue weighted by atomic mass is 16.6. The summed E-state index contributed by atoms with van der Waals surface area (Å²) in [5.74, 6) is -18.6. The van der Waals surface area contributed by atoms with Crippen molar-refractivity contribution < 1.29 is 110 Å². The van der Waals surface area contributed by atoms with E-state index in [4.69, 9.17) is 101 Å². The van der Waals surface area contributed by atoms with Crippen molar-refractivity contribution in [3.8, 4) is 34.5 Å². The predicted molar refractivity (Wildman–Crippen MR) is 353 cm³/mol. The molecule has 3 aromatic rings. The SMILES string of the molecule is [2H]c1c(OC)c(OC([2H])([2H])[2H])c([2H])c2c1C1N(C([2H])([2H])C2([2H])[2H])C([2H])([2H])C([2H])(CC(C)C)C(OC(=O)[C@@H](N)C(C)C)C1([2H])[2H].[2H]c1c(OC)c(OC([2H])([2H])[2H])c([2H])c2c1C1N(C([2H])([2H])C2([2H])[2H])C([2H])([2H])C([2H])(CC(C)C)C(OC(=O)[C@@H](N)C(C)C)C1([2H])[2H].[2H]c1c(OC)c(OC)c([2H])c2c1C1N(C([2H])([2H])C2([2H])[2H])C([2H])([2H])C([2H])(CC(C)C)C(OC(=O)[C@@H](N)C(C)C)C1([2H])[2H]. The minimum absolute atomic E-state index is 0.200. The number of hydrogen-bond acceptors (Lipinski definition) is 18. The molecule has 0 saturated carbocycles. The van der Waals surface area contributed by atoms with Gasteiger partial charge in [-0.1, -0.05) is 83.1 Å². The molecule has 0 bridgehead atoms. The molecule has 90 heavy (non-hydrogen) atoms. The van der Waals surface area contributed by atoms with E-state index in [2.05, 4.69) is 0 Å². The van der Waals surface area contributed by atoms with E-state index in [9.17, 15) is 26.7 Å². The first kappa shape index (κ1) is 35.2. The number of benzene rings is 3. The number of methoxy groups -OCH3 is 6. The number of nitrogens with two attached hydrogens (primary N) is 3. The van der Waals surface area contributed by atoms with E-state index in [0.29, 0.717) is 4.90 Å². The number of carbonyl (C=O) groups excluding carboxylic acids is 3. The fourth-order valence-electron chi connectivity index (χ4n) is 9.61. The zero-order valence-electron chi connectivity index (χ0n) is 92.8. The van der Waals surface area contributed by atoms with Crippen molar-refractivity contribution >= 4 is 17.9 Å². The van der Waals surface area contributed by atoms with Gasteiger partial charge in [0.2, 0.25) is 0 Å². The molecule has 0 amide bonds. The predicted octanol–water partition coefficient (Wildman–Crippen LogP) is 10.7. The van der Waals surface area contributed by atoms with E-state index in [1.165, 1.54) is 0 Å². The minimum atomic E-state index is -3.53. The van der Waals surface area contributed by atoms with Gasteiger partial charge in [-0.15, -0.1) is 0 Å². The monoisotopic (exact) mass is 1290 g/mol. The van der Waals surface area contributed by atoms with Crippen molar-refractivity contribution in [2.24, 2.45) is 70.4 Å². The lowest BCUT2D eigenvalue weighted by atomic mass is 9.79. The smallest absolute Gasteiger partial charge is 0.323 e. The normalized spacial score (nSPS) is 40.7. The second-order valence-corrected chi connectivity index (χ2v) is 24.1. The van der Waals surface area contributed by atoms with E-state index >= 15 is 0 Å². The molecule has 9 rings (SSSR count). The summed E-state index contributed by atoms with van der Waals surface area (Å²) in [7, 11) is -2.16. The molecule has 6 heterocycles. The largest absolute Gasteiger partial charge is 0.493 e. The number of esters is 3. The molecule has 6 N–H and O–H groups in total. The van der Waals surface area contributed by atoms with Gasteiger partial charge in [0.1, 0.15) is 36.4 Å². The van der Waals surface area contributed by atoms with Gasteiger partial charge in [-0.05, 0) is 144 Å². The summed E-state index contributed by atoms with van der Waals surface area (Å²) in [5.41, 5.74) is 13.1. The summed E-state index contributed by atoms with van der Waals surface area (Å²) in [5, 5.41) is 0. The number of carbonyl (C=O) groups is 3. The zero-order chi connectivity index (χ0) is 101. The maximum Gasteiger partial charge on any atom is 0.323 e. The highest BCUT2D eigenvalue weighted by Gasteiger charge is 2.45. The molecule has 0 aromatic heterocycles. The molecule has 0 radical (unpaired) electrons. The van der Waals surface area contributed by atoms with Crippen LogP contribution < -0.4 is 45.6 Å². The quantitative estimate of drug-likeness (QED) is 0.0666. The molecule has 18 nitrogen and oxygen atoms in total.